The Morgan fingerprint density at radius 1 is 1.47 bits per heavy atom. The summed E-state index contributed by atoms with van der Waals surface area (Å²) in [6, 6.07) is 0.576. The summed E-state index contributed by atoms with van der Waals surface area (Å²) < 4.78 is 51.8. The number of hydrogen-bond donors (Lipinski definition) is 1. The third kappa shape index (κ3) is 3.31. The van der Waals surface area contributed by atoms with E-state index in [0.29, 0.717) is 6.07 Å². The highest BCUT2D eigenvalue weighted by Gasteiger charge is 2.32. The Kier molecular flexibility index (Phi) is 3.50. The van der Waals surface area contributed by atoms with Crippen molar-refractivity contribution in [3.05, 3.63) is 22.2 Å². The second-order valence-corrected chi connectivity index (χ2v) is 3.21. The van der Waals surface area contributed by atoms with Crippen molar-refractivity contribution in [2.45, 2.75) is 12.9 Å². The molecule has 0 aromatic carbocycles. The van der Waals surface area contributed by atoms with Crippen LogP contribution in [-0.2, 0) is 6.54 Å². The number of pyridine rings is 1. The first kappa shape index (κ1) is 12.2. The highest BCUT2D eigenvalue weighted by molar-refractivity contribution is 9.10. The predicted molar refractivity (Wildman–Crippen MR) is 46.5 cm³/mol. The van der Waals surface area contributed by atoms with E-state index < -0.39 is 17.9 Å². The van der Waals surface area contributed by atoms with Gasteiger partial charge in [0.15, 0.2) is 11.6 Å². The fourth-order valence-corrected chi connectivity index (χ4v) is 1.17. The zero-order valence-electron chi connectivity index (χ0n) is 7.11. The Morgan fingerprint density at radius 2 is 2.07 bits per heavy atom. The van der Waals surface area contributed by atoms with E-state index in [4.69, 9.17) is 5.73 Å². The summed E-state index contributed by atoms with van der Waals surface area (Å²) in [4.78, 5) is 3.47. The number of hydrogen-bond acceptors (Lipinski definition) is 3. The number of ether oxygens (including phenoxy) is 1. The van der Waals surface area contributed by atoms with E-state index in [1.54, 1.807) is 0 Å². The van der Waals surface area contributed by atoms with Crippen LogP contribution >= 0.6 is 15.9 Å². The van der Waals surface area contributed by atoms with Gasteiger partial charge >= 0.3 is 6.36 Å². The molecular formula is C7H5BrF4N2O. The van der Waals surface area contributed by atoms with Gasteiger partial charge < -0.3 is 10.5 Å². The molecular weight excluding hydrogens is 284 g/mol. The smallest absolute Gasteiger partial charge is 0.404 e. The van der Waals surface area contributed by atoms with Crippen molar-refractivity contribution in [2.75, 3.05) is 0 Å². The molecule has 3 nitrogen and oxygen atoms in total. The fraction of sp³-hybridized carbons (Fsp3) is 0.286. The first-order chi connectivity index (χ1) is 6.83. The molecule has 0 saturated heterocycles. The van der Waals surface area contributed by atoms with Crippen molar-refractivity contribution < 1.29 is 22.3 Å². The summed E-state index contributed by atoms with van der Waals surface area (Å²) in [7, 11) is 0. The topological polar surface area (TPSA) is 48.1 Å². The third-order valence-electron chi connectivity index (χ3n) is 1.39. The lowest BCUT2D eigenvalue weighted by molar-refractivity contribution is -0.275. The summed E-state index contributed by atoms with van der Waals surface area (Å²) >= 11 is 2.72. The SMILES string of the molecule is NCc1nc(Br)c(F)cc1OC(F)(F)F. The van der Waals surface area contributed by atoms with Crippen LogP contribution in [0.5, 0.6) is 5.75 Å². The van der Waals surface area contributed by atoms with E-state index in [2.05, 4.69) is 25.7 Å². The van der Waals surface area contributed by atoms with Crippen molar-refractivity contribution in [1.82, 2.24) is 4.98 Å². The minimum atomic E-state index is -4.90. The lowest BCUT2D eigenvalue weighted by Crippen LogP contribution is -2.19. The first-order valence-electron chi connectivity index (χ1n) is 3.64. The van der Waals surface area contributed by atoms with E-state index in [-0.39, 0.29) is 16.8 Å². The second-order valence-electron chi connectivity index (χ2n) is 2.46. The van der Waals surface area contributed by atoms with Crippen molar-refractivity contribution in [1.29, 1.82) is 0 Å². The highest BCUT2D eigenvalue weighted by atomic mass is 79.9. The molecule has 8 heteroatoms. The van der Waals surface area contributed by atoms with Crippen LogP contribution in [0.3, 0.4) is 0 Å². The number of halogens is 5. The van der Waals surface area contributed by atoms with Crippen LogP contribution < -0.4 is 10.5 Å². The average molecular weight is 289 g/mol. The summed E-state index contributed by atoms with van der Waals surface area (Å²) in [6.45, 7) is -0.287. The molecule has 0 amide bonds. The molecule has 0 aliphatic carbocycles. The quantitative estimate of drug-likeness (QED) is 0.671. The molecule has 1 aromatic rings. The molecule has 0 saturated carbocycles. The third-order valence-corrected chi connectivity index (χ3v) is 1.95. The maximum atomic E-state index is 12.9. The zero-order valence-corrected chi connectivity index (χ0v) is 8.69. The Labute approximate surface area is 90.4 Å². The Bertz CT molecular complexity index is 369. The van der Waals surface area contributed by atoms with E-state index in [1.165, 1.54) is 0 Å². The minimum absolute atomic E-state index is 0.180. The molecule has 0 unspecified atom stereocenters. The van der Waals surface area contributed by atoms with E-state index in [9.17, 15) is 17.6 Å². The lowest BCUT2D eigenvalue weighted by atomic mass is 10.3. The predicted octanol–water partition coefficient (Wildman–Crippen LogP) is 2.34. The number of aromatic nitrogens is 1. The normalized spacial score (nSPS) is 11.6. The Balaban J connectivity index is 3.11. The van der Waals surface area contributed by atoms with Gasteiger partial charge in [-0.05, 0) is 15.9 Å². The molecule has 0 atom stereocenters. The van der Waals surface area contributed by atoms with Gasteiger partial charge in [-0.25, -0.2) is 9.37 Å². The summed E-state index contributed by atoms with van der Waals surface area (Å²) in [5.41, 5.74) is 4.96. The Hall–Kier alpha value is -0.890. The van der Waals surface area contributed by atoms with E-state index >= 15 is 0 Å². The maximum absolute atomic E-state index is 12.9. The summed E-state index contributed by atoms with van der Waals surface area (Å²) in [5, 5.41) is 0. The Morgan fingerprint density at radius 3 is 2.53 bits per heavy atom. The van der Waals surface area contributed by atoms with Gasteiger partial charge in [0.05, 0.1) is 5.69 Å². The van der Waals surface area contributed by atoms with Gasteiger partial charge in [0, 0.05) is 12.6 Å². The summed E-state index contributed by atoms with van der Waals surface area (Å²) in [5.74, 6) is -1.68. The lowest BCUT2D eigenvalue weighted by Gasteiger charge is -2.12. The molecule has 0 radical (unpaired) electrons. The standard InChI is InChI=1S/C7H5BrF4N2O/c8-6-3(9)1-5(4(2-13)14-6)15-7(10,11)12/h1H,2,13H2. The van der Waals surface area contributed by atoms with Crippen LogP contribution in [-0.4, -0.2) is 11.3 Å². The van der Waals surface area contributed by atoms with Crippen LogP contribution in [0.1, 0.15) is 5.69 Å². The molecule has 1 rings (SSSR count). The first-order valence-corrected chi connectivity index (χ1v) is 4.43. The largest absolute Gasteiger partial charge is 0.573 e. The van der Waals surface area contributed by atoms with Gasteiger partial charge in [-0.3, -0.25) is 0 Å². The molecule has 0 aliphatic heterocycles. The molecule has 0 bridgehead atoms. The number of nitrogens with zero attached hydrogens (tertiary/aromatic N) is 1. The fourth-order valence-electron chi connectivity index (χ4n) is 0.844. The van der Waals surface area contributed by atoms with Crippen LogP contribution in [0.25, 0.3) is 0 Å². The molecule has 15 heavy (non-hydrogen) atoms. The van der Waals surface area contributed by atoms with Gasteiger partial charge in [-0.2, -0.15) is 0 Å². The van der Waals surface area contributed by atoms with Crippen LogP contribution in [0.4, 0.5) is 17.6 Å². The monoisotopic (exact) mass is 288 g/mol. The molecule has 1 aromatic heterocycles. The molecule has 84 valence electrons. The molecule has 0 aliphatic rings. The molecule has 0 fully saturated rings. The van der Waals surface area contributed by atoms with Crippen molar-refractivity contribution in [3.8, 4) is 5.75 Å². The van der Waals surface area contributed by atoms with Crippen LogP contribution in [0.2, 0.25) is 0 Å². The van der Waals surface area contributed by atoms with Gasteiger partial charge in [0.1, 0.15) is 4.60 Å². The van der Waals surface area contributed by atoms with Crippen molar-refractivity contribution >= 4 is 15.9 Å². The zero-order chi connectivity index (χ0) is 11.6. The van der Waals surface area contributed by atoms with Gasteiger partial charge in [0.2, 0.25) is 0 Å². The van der Waals surface area contributed by atoms with E-state index in [1.807, 2.05) is 0 Å². The minimum Gasteiger partial charge on any atom is -0.404 e. The number of alkyl halides is 3. The summed E-state index contributed by atoms with van der Waals surface area (Å²) in [6.07, 6.45) is -4.90. The van der Waals surface area contributed by atoms with Gasteiger partial charge in [-0.1, -0.05) is 0 Å². The molecule has 1 heterocycles. The van der Waals surface area contributed by atoms with Gasteiger partial charge in [-0.15, -0.1) is 13.2 Å². The highest BCUT2D eigenvalue weighted by Crippen LogP contribution is 2.28. The average Bonchev–Trinajstić information content (AvgIpc) is 2.08. The van der Waals surface area contributed by atoms with Crippen LogP contribution in [0.15, 0.2) is 10.7 Å². The second kappa shape index (κ2) is 4.31. The number of nitrogens with two attached hydrogens (primary N) is 1. The van der Waals surface area contributed by atoms with Crippen molar-refractivity contribution in [3.63, 3.8) is 0 Å². The maximum Gasteiger partial charge on any atom is 0.573 e. The molecule has 0 spiro atoms. The van der Waals surface area contributed by atoms with Gasteiger partial charge in [0.25, 0.3) is 0 Å². The number of rotatable bonds is 2. The van der Waals surface area contributed by atoms with E-state index in [0.717, 1.165) is 0 Å². The molecule has 2 N–H and O–H groups in total. The van der Waals surface area contributed by atoms with Crippen molar-refractivity contribution in [2.24, 2.45) is 5.73 Å². The van der Waals surface area contributed by atoms with Crippen LogP contribution in [0, 0.1) is 5.82 Å².